The predicted octanol–water partition coefficient (Wildman–Crippen LogP) is 5.32. The quantitative estimate of drug-likeness (QED) is 0.402. The molecule has 3 aromatic rings. The molecule has 1 saturated heterocycles. The molecular weight excluding hydrogens is 568 g/mol. The summed E-state index contributed by atoms with van der Waals surface area (Å²) < 4.78 is 5.27. The second-order valence-corrected chi connectivity index (χ2v) is 11.4. The highest BCUT2D eigenvalue weighted by molar-refractivity contribution is 7.80. The minimum Gasteiger partial charge on any atom is -0.497 e. The number of benzene rings is 3. The number of thiocarbonyl (C=S) groups is 1. The van der Waals surface area contributed by atoms with Crippen LogP contribution in [0.25, 0.3) is 0 Å². The average Bonchev–Trinajstić information content (AvgIpc) is 3.50. The number of anilines is 1. The molecule has 3 heterocycles. The third-order valence-electron chi connectivity index (χ3n) is 8.03. The number of carbonyl (C=O) groups is 1. The Morgan fingerprint density at radius 3 is 2.45 bits per heavy atom. The topological polar surface area (TPSA) is 81.9 Å². The van der Waals surface area contributed by atoms with Crippen molar-refractivity contribution in [2.75, 3.05) is 32.1 Å². The van der Waals surface area contributed by atoms with Gasteiger partial charge in [0.2, 0.25) is 6.17 Å². The van der Waals surface area contributed by atoms with Gasteiger partial charge in [-0.2, -0.15) is 10.2 Å². The van der Waals surface area contributed by atoms with E-state index in [1.165, 1.54) is 0 Å². The van der Waals surface area contributed by atoms with Gasteiger partial charge in [-0.05, 0) is 73.1 Å². The first-order valence-electron chi connectivity index (χ1n) is 13.9. The number of benzodiazepines with no additional fused rings is 1. The lowest BCUT2D eigenvalue weighted by atomic mass is 9.89. The largest absolute Gasteiger partial charge is 0.497 e. The predicted molar refractivity (Wildman–Crippen MR) is 172 cm³/mol. The van der Waals surface area contributed by atoms with Gasteiger partial charge in [-0.15, -0.1) is 0 Å². The van der Waals surface area contributed by atoms with Crippen molar-refractivity contribution in [3.05, 3.63) is 94.5 Å². The van der Waals surface area contributed by atoms with Crippen LogP contribution in [-0.2, 0) is 4.79 Å². The molecule has 0 aliphatic carbocycles. The minimum atomic E-state index is -0.874. The van der Waals surface area contributed by atoms with Crippen molar-refractivity contribution in [3.63, 3.8) is 0 Å². The van der Waals surface area contributed by atoms with Crippen molar-refractivity contribution in [1.29, 1.82) is 0 Å². The molecule has 1 atom stereocenters. The lowest BCUT2D eigenvalue weighted by molar-refractivity contribution is -0.119. The Morgan fingerprint density at radius 1 is 1.00 bits per heavy atom. The molecule has 0 aromatic heterocycles. The van der Waals surface area contributed by atoms with E-state index in [4.69, 9.17) is 33.5 Å². The van der Waals surface area contributed by atoms with E-state index in [0.29, 0.717) is 21.8 Å². The van der Waals surface area contributed by atoms with Crippen LogP contribution in [0.2, 0.25) is 5.02 Å². The molecule has 0 radical (unpaired) electrons. The molecule has 1 unspecified atom stereocenters. The van der Waals surface area contributed by atoms with Gasteiger partial charge in [-0.3, -0.25) is 4.79 Å². The van der Waals surface area contributed by atoms with Gasteiger partial charge in [-0.1, -0.05) is 41.9 Å². The third-order valence-corrected chi connectivity index (χ3v) is 8.64. The fourth-order valence-electron chi connectivity index (χ4n) is 5.63. The van der Waals surface area contributed by atoms with Gasteiger partial charge in [0.15, 0.2) is 5.11 Å². The number of hydrogen-bond acceptors (Lipinski definition) is 6. The van der Waals surface area contributed by atoms with E-state index in [1.807, 2.05) is 66.7 Å². The number of carbonyl (C=O) groups excluding carboxylic acids is 1. The molecule has 42 heavy (non-hydrogen) atoms. The van der Waals surface area contributed by atoms with E-state index >= 15 is 0 Å². The van der Waals surface area contributed by atoms with Gasteiger partial charge in [0.1, 0.15) is 5.75 Å². The molecule has 6 rings (SSSR count). The number of likely N-dealkylation sites (tertiary alicyclic amines) is 1. The summed E-state index contributed by atoms with van der Waals surface area (Å²) in [5.41, 5.74) is 6.31. The zero-order chi connectivity index (χ0) is 29.2. The number of nitrogens with zero attached hydrogens (tertiary/aromatic N) is 5. The van der Waals surface area contributed by atoms with E-state index in [0.717, 1.165) is 71.9 Å². The van der Waals surface area contributed by atoms with Crippen molar-refractivity contribution < 1.29 is 9.53 Å². The smallest absolute Gasteiger partial charge is 0.272 e. The van der Waals surface area contributed by atoms with Crippen LogP contribution < -0.4 is 15.0 Å². The normalized spacial score (nSPS) is 19.0. The maximum Gasteiger partial charge on any atom is 0.272 e. The van der Waals surface area contributed by atoms with Gasteiger partial charge in [-0.25, -0.2) is 4.99 Å². The second-order valence-electron chi connectivity index (χ2n) is 10.6. The second kappa shape index (κ2) is 12.0. The Bertz CT molecular complexity index is 1600. The van der Waals surface area contributed by atoms with Crippen molar-refractivity contribution in [2.24, 2.45) is 21.1 Å². The molecule has 3 aliphatic heterocycles. The maximum atomic E-state index is 13.6. The van der Waals surface area contributed by atoms with Gasteiger partial charge in [0.05, 0.1) is 24.2 Å². The molecule has 1 fully saturated rings. The van der Waals surface area contributed by atoms with Gasteiger partial charge in [0, 0.05) is 54.3 Å². The van der Waals surface area contributed by atoms with Crippen LogP contribution in [0.4, 0.5) is 5.69 Å². The molecule has 214 valence electrons. The van der Waals surface area contributed by atoms with Crippen LogP contribution in [0, 0.1) is 5.92 Å². The zero-order valence-electron chi connectivity index (χ0n) is 23.5. The Hall–Kier alpha value is -4.08. The SMILES string of the molecule is COc1ccc(C2=NN=C(C3CCN(C(=S)NC4N=C(c5ccccc5)c5cc(Cl)ccc5N(C)C4=O)CC3)C2)cc1. The molecular formula is C32H31ClN6O2S. The molecule has 1 N–H and O–H groups in total. The summed E-state index contributed by atoms with van der Waals surface area (Å²) in [6.45, 7) is 1.52. The standard InChI is InChI=1S/C32H31ClN6O2S/c1-38-28-13-10-23(33)18-25(28)29(22-6-4-3-5-7-22)34-30(31(38)40)35-32(42)39-16-14-21(15-17-39)27-19-26(36-37-27)20-8-11-24(41-2)12-9-20/h3-13,18,21,30H,14-17,19H2,1-2H3,(H,35,42). The van der Waals surface area contributed by atoms with E-state index in [9.17, 15) is 4.79 Å². The van der Waals surface area contributed by atoms with E-state index in [-0.39, 0.29) is 5.91 Å². The number of nitrogens with one attached hydrogen (secondary N) is 1. The van der Waals surface area contributed by atoms with Crippen molar-refractivity contribution >= 4 is 57.7 Å². The van der Waals surface area contributed by atoms with Gasteiger partial charge >= 0.3 is 0 Å². The van der Waals surface area contributed by atoms with E-state index < -0.39 is 6.17 Å². The monoisotopic (exact) mass is 598 g/mol. The van der Waals surface area contributed by atoms with E-state index in [2.05, 4.69) is 20.4 Å². The van der Waals surface area contributed by atoms with Crippen LogP contribution in [0.1, 0.15) is 36.0 Å². The van der Waals surface area contributed by atoms with Crippen LogP contribution in [0.3, 0.4) is 0 Å². The lowest BCUT2D eigenvalue weighted by Crippen LogP contribution is -2.52. The fourth-order valence-corrected chi connectivity index (χ4v) is 6.09. The Kier molecular flexibility index (Phi) is 8.04. The van der Waals surface area contributed by atoms with Gasteiger partial charge in [0.25, 0.3) is 5.91 Å². The number of amides is 1. The molecule has 3 aliphatic rings. The molecule has 0 spiro atoms. The van der Waals surface area contributed by atoms with Crippen molar-refractivity contribution in [3.8, 4) is 5.75 Å². The molecule has 1 amide bonds. The molecule has 3 aromatic carbocycles. The molecule has 0 saturated carbocycles. The number of likely N-dealkylation sites (N-methyl/N-ethyl adjacent to an activating group) is 1. The summed E-state index contributed by atoms with van der Waals surface area (Å²) in [6.07, 6.45) is 1.70. The number of ether oxygens (including phenoxy) is 1. The molecule has 0 bridgehead atoms. The lowest BCUT2D eigenvalue weighted by Gasteiger charge is -2.34. The van der Waals surface area contributed by atoms with E-state index in [1.54, 1.807) is 25.1 Å². The summed E-state index contributed by atoms with van der Waals surface area (Å²) in [6, 6.07) is 23.3. The summed E-state index contributed by atoms with van der Waals surface area (Å²) >= 11 is 12.2. The van der Waals surface area contributed by atoms with Crippen molar-refractivity contribution in [1.82, 2.24) is 10.2 Å². The molecule has 8 nitrogen and oxygen atoms in total. The minimum absolute atomic E-state index is 0.190. The number of fused-ring (bicyclic) bond motifs is 1. The van der Waals surface area contributed by atoms with Crippen LogP contribution in [-0.4, -0.2) is 66.5 Å². The first-order valence-corrected chi connectivity index (χ1v) is 14.7. The fraction of sp³-hybridized carbons (Fsp3) is 0.281. The first kappa shape index (κ1) is 28.1. The highest BCUT2D eigenvalue weighted by atomic mass is 35.5. The number of halogens is 1. The number of hydrogen-bond donors (Lipinski definition) is 1. The number of piperidine rings is 1. The summed E-state index contributed by atoms with van der Waals surface area (Å²) in [4.78, 5) is 22.3. The average molecular weight is 599 g/mol. The highest BCUT2D eigenvalue weighted by Gasteiger charge is 2.33. The number of rotatable bonds is 5. The third kappa shape index (κ3) is 5.67. The Balaban J connectivity index is 1.12. The van der Waals surface area contributed by atoms with Crippen LogP contribution >= 0.6 is 23.8 Å². The van der Waals surface area contributed by atoms with Crippen molar-refractivity contribution in [2.45, 2.75) is 25.4 Å². The summed E-state index contributed by atoms with van der Waals surface area (Å²) in [5, 5.41) is 13.4. The molecule has 10 heteroatoms. The Labute approximate surface area is 255 Å². The number of methoxy groups -OCH3 is 1. The summed E-state index contributed by atoms with van der Waals surface area (Å²) in [5.74, 6) is 0.977. The maximum absolute atomic E-state index is 13.6. The highest BCUT2D eigenvalue weighted by Crippen LogP contribution is 2.30. The number of aliphatic imine (C=N–C) groups is 1. The first-order chi connectivity index (χ1) is 20.4. The Morgan fingerprint density at radius 2 is 1.74 bits per heavy atom. The zero-order valence-corrected chi connectivity index (χ0v) is 25.0. The van der Waals surface area contributed by atoms with Crippen LogP contribution in [0.5, 0.6) is 5.75 Å². The summed E-state index contributed by atoms with van der Waals surface area (Å²) in [7, 11) is 3.42. The van der Waals surface area contributed by atoms with Crippen LogP contribution in [0.15, 0.2) is 88.0 Å². The van der Waals surface area contributed by atoms with Gasteiger partial charge < -0.3 is 19.9 Å².